The number of amides is 1. The minimum absolute atomic E-state index is 0.0459. The number of esters is 1. The van der Waals surface area contributed by atoms with Crippen molar-refractivity contribution in [1.82, 2.24) is 5.32 Å². The molecule has 0 aromatic heterocycles. The molecule has 0 saturated carbocycles. The fourth-order valence-electron chi connectivity index (χ4n) is 4.70. The first-order chi connectivity index (χ1) is 16.9. The molecule has 1 amide bonds. The highest BCUT2D eigenvalue weighted by Crippen LogP contribution is 2.32. The van der Waals surface area contributed by atoms with E-state index < -0.39 is 5.97 Å². The normalized spacial score (nSPS) is 14.5. The van der Waals surface area contributed by atoms with E-state index in [0.717, 1.165) is 25.1 Å². The maximum absolute atomic E-state index is 13.2. The molecule has 1 N–H and O–H groups in total. The number of nitrogens with one attached hydrogen (secondary N) is 1. The summed E-state index contributed by atoms with van der Waals surface area (Å²) in [5, 5.41) is 3.30. The molecule has 0 aliphatic carbocycles. The molecular formula is C29H40N2O4. The summed E-state index contributed by atoms with van der Waals surface area (Å²) in [5.41, 5.74) is 3.59. The lowest BCUT2D eigenvalue weighted by molar-refractivity contribution is -0.121. The van der Waals surface area contributed by atoms with E-state index in [1.54, 1.807) is 25.1 Å². The Hall–Kier alpha value is -3.02. The first-order valence-electron chi connectivity index (χ1n) is 13.0. The van der Waals surface area contributed by atoms with Crippen LogP contribution >= 0.6 is 0 Å². The van der Waals surface area contributed by atoms with Crippen LogP contribution in [0.5, 0.6) is 5.75 Å². The van der Waals surface area contributed by atoms with E-state index >= 15 is 0 Å². The lowest BCUT2D eigenvalue weighted by Gasteiger charge is -2.33. The molecule has 1 fully saturated rings. The third-order valence-electron chi connectivity index (χ3n) is 6.26. The van der Waals surface area contributed by atoms with E-state index in [-0.39, 0.29) is 18.4 Å². The molecular weight excluding hydrogens is 440 g/mol. The van der Waals surface area contributed by atoms with Crippen LogP contribution in [0.4, 0.5) is 5.69 Å². The van der Waals surface area contributed by atoms with Crippen molar-refractivity contribution in [2.24, 2.45) is 5.92 Å². The molecule has 0 radical (unpaired) electrons. The van der Waals surface area contributed by atoms with Gasteiger partial charge in [-0.3, -0.25) is 4.79 Å². The molecule has 1 unspecified atom stereocenters. The van der Waals surface area contributed by atoms with Crippen LogP contribution in [-0.2, 0) is 16.0 Å². The van der Waals surface area contributed by atoms with Gasteiger partial charge in [-0.1, -0.05) is 38.1 Å². The summed E-state index contributed by atoms with van der Waals surface area (Å²) in [7, 11) is 0. The van der Waals surface area contributed by atoms with E-state index in [2.05, 4.69) is 48.3 Å². The average Bonchev–Trinajstić information content (AvgIpc) is 2.84. The maximum atomic E-state index is 13.2. The number of anilines is 1. The predicted octanol–water partition coefficient (Wildman–Crippen LogP) is 5.70. The molecule has 2 aromatic rings. The summed E-state index contributed by atoms with van der Waals surface area (Å²) in [6.45, 7) is 10.9. The smallest absolute Gasteiger partial charge is 0.341 e. The van der Waals surface area contributed by atoms with Crippen LogP contribution in [0.3, 0.4) is 0 Å². The van der Waals surface area contributed by atoms with Crippen molar-refractivity contribution < 1.29 is 19.1 Å². The third kappa shape index (κ3) is 7.48. The summed E-state index contributed by atoms with van der Waals surface area (Å²) >= 11 is 0. The number of para-hydroxylation sites is 1. The second-order valence-corrected chi connectivity index (χ2v) is 9.52. The molecule has 1 atom stereocenters. The summed E-state index contributed by atoms with van der Waals surface area (Å²) < 4.78 is 10.8. The molecule has 1 aliphatic heterocycles. The van der Waals surface area contributed by atoms with Crippen LogP contribution in [0.15, 0.2) is 42.5 Å². The van der Waals surface area contributed by atoms with Crippen LogP contribution in [0, 0.1) is 5.92 Å². The summed E-state index contributed by atoms with van der Waals surface area (Å²) in [6.07, 6.45) is 4.77. The highest BCUT2D eigenvalue weighted by Gasteiger charge is 2.23. The monoisotopic (exact) mass is 480 g/mol. The minimum atomic E-state index is -0.418. The molecule has 3 rings (SSSR count). The Kier molecular flexibility index (Phi) is 10.0. The Balaban J connectivity index is 1.79. The van der Waals surface area contributed by atoms with E-state index in [9.17, 15) is 9.59 Å². The standard InChI is InChI=1S/C29H40N2O4/c1-5-34-27-19-22(14-15-24(27)29(33)35-6-2)20-28(32)30-25(18-21(3)4)23-12-8-9-13-26(23)31-16-10-7-11-17-31/h8-9,12-15,19,21,25H,5-7,10-11,16-18,20H2,1-4H3,(H,30,32). The summed E-state index contributed by atoms with van der Waals surface area (Å²) in [6, 6.07) is 13.7. The molecule has 35 heavy (non-hydrogen) atoms. The molecule has 6 nitrogen and oxygen atoms in total. The van der Waals surface area contributed by atoms with Gasteiger partial charge in [-0.15, -0.1) is 0 Å². The number of rotatable bonds is 11. The Labute approximate surface area is 210 Å². The molecule has 1 saturated heterocycles. The molecule has 0 spiro atoms. The minimum Gasteiger partial charge on any atom is -0.493 e. The van der Waals surface area contributed by atoms with Crippen LogP contribution < -0.4 is 15.0 Å². The number of hydrogen-bond acceptors (Lipinski definition) is 5. The fraction of sp³-hybridized carbons (Fsp3) is 0.517. The van der Waals surface area contributed by atoms with Gasteiger partial charge in [-0.05, 0) is 74.8 Å². The Bertz CT molecular complexity index is 982. The van der Waals surface area contributed by atoms with Gasteiger partial charge < -0.3 is 19.7 Å². The van der Waals surface area contributed by atoms with Crippen molar-refractivity contribution in [3.05, 3.63) is 59.2 Å². The number of hydrogen-bond donors (Lipinski definition) is 1. The van der Waals surface area contributed by atoms with Crippen molar-refractivity contribution in [1.29, 1.82) is 0 Å². The van der Waals surface area contributed by atoms with Gasteiger partial charge in [0, 0.05) is 18.8 Å². The molecule has 6 heteroatoms. The quantitative estimate of drug-likeness (QED) is 0.418. The topological polar surface area (TPSA) is 67.9 Å². The molecule has 1 aliphatic rings. The zero-order valence-electron chi connectivity index (χ0n) is 21.6. The average molecular weight is 481 g/mol. The second-order valence-electron chi connectivity index (χ2n) is 9.52. The number of benzene rings is 2. The summed E-state index contributed by atoms with van der Waals surface area (Å²) in [5.74, 6) is 0.419. The molecule has 2 aromatic carbocycles. The van der Waals surface area contributed by atoms with Crippen LogP contribution in [0.2, 0.25) is 0 Å². The molecule has 0 bridgehead atoms. The van der Waals surface area contributed by atoms with Gasteiger partial charge in [-0.2, -0.15) is 0 Å². The van der Waals surface area contributed by atoms with E-state index in [4.69, 9.17) is 9.47 Å². The van der Waals surface area contributed by atoms with Crippen molar-refractivity contribution in [2.75, 3.05) is 31.2 Å². The van der Waals surface area contributed by atoms with Crippen molar-refractivity contribution in [3.63, 3.8) is 0 Å². The second kappa shape index (κ2) is 13.2. The van der Waals surface area contributed by atoms with Crippen molar-refractivity contribution in [2.45, 2.75) is 65.8 Å². The van der Waals surface area contributed by atoms with E-state index in [1.807, 2.05) is 6.92 Å². The first kappa shape index (κ1) is 26.6. The Morgan fingerprint density at radius 3 is 2.43 bits per heavy atom. The highest BCUT2D eigenvalue weighted by atomic mass is 16.5. The summed E-state index contributed by atoms with van der Waals surface area (Å²) in [4.78, 5) is 27.9. The van der Waals surface area contributed by atoms with Crippen LogP contribution in [0.25, 0.3) is 0 Å². The van der Waals surface area contributed by atoms with Gasteiger partial charge in [0.2, 0.25) is 5.91 Å². The van der Waals surface area contributed by atoms with E-state index in [0.29, 0.717) is 30.4 Å². The lowest BCUT2D eigenvalue weighted by Crippen LogP contribution is -2.34. The van der Waals surface area contributed by atoms with Gasteiger partial charge in [0.25, 0.3) is 0 Å². The predicted molar refractivity (Wildman–Crippen MR) is 140 cm³/mol. The largest absolute Gasteiger partial charge is 0.493 e. The Morgan fingerprint density at radius 2 is 1.74 bits per heavy atom. The number of piperidine rings is 1. The third-order valence-corrected chi connectivity index (χ3v) is 6.26. The van der Waals surface area contributed by atoms with E-state index in [1.165, 1.54) is 30.5 Å². The van der Waals surface area contributed by atoms with Crippen LogP contribution in [0.1, 0.15) is 80.9 Å². The lowest BCUT2D eigenvalue weighted by atomic mass is 9.94. The van der Waals surface area contributed by atoms with Gasteiger partial charge >= 0.3 is 5.97 Å². The van der Waals surface area contributed by atoms with Crippen molar-refractivity contribution in [3.8, 4) is 5.75 Å². The zero-order chi connectivity index (χ0) is 25.2. The van der Waals surface area contributed by atoms with Gasteiger partial charge in [-0.25, -0.2) is 4.79 Å². The number of carbonyl (C=O) groups is 2. The van der Waals surface area contributed by atoms with Gasteiger partial charge in [0.1, 0.15) is 11.3 Å². The number of nitrogens with zero attached hydrogens (tertiary/aromatic N) is 1. The molecule has 190 valence electrons. The Morgan fingerprint density at radius 1 is 1.00 bits per heavy atom. The number of ether oxygens (including phenoxy) is 2. The van der Waals surface area contributed by atoms with Crippen LogP contribution in [-0.4, -0.2) is 38.2 Å². The maximum Gasteiger partial charge on any atom is 0.341 e. The molecule has 1 heterocycles. The first-order valence-corrected chi connectivity index (χ1v) is 13.0. The zero-order valence-corrected chi connectivity index (χ0v) is 21.6. The highest BCUT2D eigenvalue weighted by molar-refractivity contribution is 5.93. The fourth-order valence-corrected chi connectivity index (χ4v) is 4.70. The van der Waals surface area contributed by atoms with Crippen molar-refractivity contribution >= 4 is 17.6 Å². The number of carbonyl (C=O) groups excluding carboxylic acids is 2. The van der Waals surface area contributed by atoms with Gasteiger partial charge in [0.05, 0.1) is 25.7 Å². The SMILES string of the molecule is CCOC(=O)c1ccc(CC(=O)NC(CC(C)C)c2ccccc2N2CCCCC2)cc1OCC. The van der Waals surface area contributed by atoms with Gasteiger partial charge in [0.15, 0.2) is 0 Å².